The molecule has 0 atom stereocenters. The van der Waals surface area contributed by atoms with Crippen LogP contribution in [0.5, 0.6) is 0 Å². The summed E-state index contributed by atoms with van der Waals surface area (Å²) in [6.07, 6.45) is 3.00. The standard InChI is InChI=1S/C20H21F2N7O2S.CH3F/c1-23-20(31)28-16-9-12(7-8-24-16)10-25-17-15(11-26-29(17)2)18(30)27-13-3-5-14(6-4-13)32-19(21)22;1-2/h3-9,11,19,25H,10H2,1-2H3,(H,27,30)(H2,23,24,28,31);1H3. The zero-order valence-corrected chi connectivity index (χ0v) is 19.4. The average molecular weight is 496 g/mol. The lowest BCUT2D eigenvalue weighted by Gasteiger charge is -2.11. The van der Waals surface area contributed by atoms with Crippen LogP contribution in [0, 0.1) is 0 Å². The van der Waals surface area contributed by atoms with Crippen LogP contribution in [0.1, 0.15) is 15.9 Å². The van der Waals surface area contributed by atoms with Gasteiger partial charge < -0.3 is 16.0 Å². The molecule has 3 amide bonds. The van der Waals surface area contributed by atoms with Crippen molar-refractivity contribution in [2.24, 2.45) is 7.05 Å². The molecule has 13 heteroatoms. The van der Waals surface area contributed by atoms with Crippen LogP contribution in [0.3, 0.4) is 0 Å². The highest BCUT2D eigenvalue weighted by molar-refractivity contribution is 7.99. The summed E-state index contributed by atoms with van der Waals surface area (Å²) in [4.78, 5) is 28.7. The van der Waals surface area contributed by atoms with Gasteiger partial charge in [0.05, 0.1) is 13.4 Å². The van der Waals surface area contributed by atoms with E-state index in [4.69, 9.17) is 0 Å². The second-order valence-corrected chi connectivity index (χ2v) is 7.56. The fraction of sp³-hybridized carbons (Fsp3) is 0.238. The number of hydrogen-bond donors (Lipinski definition) is 4. The Bertz CT molecular complexity index is 1090. The summed E-state index contributed by atoms with van der Waals surface area (Å²) in [5.41, 5.74) is 1.62. The molecule has 4 N–H and O–H groups in total. The Morgan fingerprint density at radius 3 is 2.47 bits per heavy atom. The van der Waals surface area contributed by atoms with Gasteiger partial charge >= 0.3 is 6.03 Å². The first kappa shape index (κ1) is 26.5. The number of pyridine rings is 1. The summed E-state index contributed by atoms with van der Waals surface area (Å²) in [6, 6.07) is 9.25. The first-order chi connectivity index (χ1) is 16.4. The SMILES string of the molecule is CF.CNC(=O)Nc1cc(CNc2c(C(=O)Nc3ccc(SC(F)F)cc3)cnn2C)ccn1. The lowest BCUT2D eigenvalue weighted by Crippen LogP contribution is -2.25. The van der Waals surface area contributed by atoms with Gasteiger partial charge in [-0.05, 0) is 42.0 Å². The number of carbonyl (C=O) groups is 2. The Labute approximate surface area is 198 Å². The van der Waals surface area contributed by atoms with E-state index >= 15 is 0 Å². The number of aryl methyl sites for hydroxylation is 1. The van der Waals surface area contributed by atoms with E-state index in [0.717, 1.165) is 5.56 Å². The molecule has 0 spiro atoms. The van der Waals surface area contributed by atoms with E-state index in [1.54, 1.807) is 37.5 Å². The molecule has 1 aromatic carbocycles. The fourth-order valence-corrected chi connectivity index (χ4v) is 3.25. The molecule has 0 radical (unpaired) electrons. The summed E-state index contributed by atoms with van der Waals surface area (Å²) < 4.78 is 35.9. The minimum atomic E-state index is -2.50. The number of benzene rings is 1. The van der Waals surface area contributed by atoms with Gasteiger partial charge in [0.25, 0.3) is 11.7 Å². The maximum atomic E-state index is 12.7. The molecule has 0 aliphatic carbocycles. The van der Waals surface area contributed by atoms with Crippen LogP contribution in [0.15, 0.2) is 53.7 Å². The number of amides is 3. The van der Waals surface area contributed by atoms with Gasteiger partial charge in [-0.3, -0.25) is 19.2 Å². The summed E-state index contributed by atoms with van der Waals surface area (Å²) >= 11 is 0.438. The number of rotatable bonds is 8. The minimum Gasteiger partial charge on any atom is -0.366 e. The number of anilines is 3. The number of hydrogen-bond acceptors (Lipinski definition) is 6. The van der Waals surface area contributed by atoms with Crippen LogP contribution in [-0.4, -0.2) is 46.7 Å². The van der Waals surface area contributed by atoms with Crippen molar-refractivity contribution in [2.45, 2.75) is 17.2 Å². The normalized spacial score (nSPS) is 10.2. The van der Waals surface area contributed by atoms with Crippen molar-refractivity contribution in [3.63, 3.8) is 0 Å². The van der Waals surface area contributed by atoms with Crippen LogP contribution in [0.4, 0.5) is 35.3 Å². The molecule has 3 aromatic rings. The molecule has 0 aliphatic rings. The smallest absolute Gasteiger partial charge is 0.320 e. The number of carbonyl (C=O) groups excluding carboxylic acids is 2. The molecule has 0 aliphatic heterocycles. The molecule has 0 saturated carbocycles. The Morgan fingerprint density at radius 2 is 1.82 bits per heavy atom. The van der Waals surface area contributed by atoms with Gasteiger partial charge in [0, 0.05) is 37.4 Å². The molecule has 0 saturated heterocycles. The van der Waals surface area contributed by atoms with Crippen LogP contribution < -0.4 is 21.3 Å². The highest BCUT2D eigenvalue weighted by Gasteiger charge is 2.17. The third-order valence-electron chi connectivity index (χ3n) is 4.27. The highest BCUT2D eigenvalue weighted by atomic mass is 32.2. The van der Waals surface area contributed by atoms with Crippen LogP contribution in [-0.2, 0) is 13.6 Å². The predicted octanol–water partition coefficient (Wildman–Crippen LogP) is 4.33. The zero-order chi connectivity index (χ0) is 25.1. The van der Waals surface area contributed by atoms with E-state index < -0.39 is 11.7 Å². The summed E-state index contributed by atoms with van der Waals surface area (Å²) in [7, 11) is 3.70. The molecule has 182 valence electrons. The van der Waals surface area contributed by atoms with E-state index in [0.29, 0.717) is 53.3 Å². The molecular weight excluding hydrogens is 471 g/mol. The third-order valence-corrected chi connectivity index (χ3v) is 5.00. The molecular formula is C21H24F3N7O2S. The first-order valence-electron chi connectivity index (χ1n) is 9.79. The van der Waals surface area contributed by atoms with Gasteiger partial charge in [-0.2, -0.15) is 13.9 Å². The topological polar surface area (TPSA) is 113 Å². The van der Waals surface area contributed by atoms with Crippen LogP contribution in [0.25, 0.3) is 0 Å². The maximum Gasteiger partial charge on any atom is 0.320 e. The van der Waals surface area contributed by atoms with Crippen molar-refractivity contribution < 1.29 is 22.8 Å². The Kier molecular flexibility index (Phi) is 10.2. The Morgan fingerprint density at radius 1 is 1.12 bits per heavy atom. The monoisotopic (exact) mass is 495 g/mol. The second kappa shape index (κ2) is 13.1. The Balaban J connectivity index is 0.00000199. The molecule has 2 aromatic heterocycles. The summed E-state index contributed by atoms with van der Waals surface area (Å²) in [5, 5.41) is 15.1. The highest BCUT2D eigenvalue weighted by Crippen LogP contribution is 2.26. The van der Waals surface area contributed by atoms with E-state index in [9.17, 15) is 22.8 Å². The van der Waals surface area contributed by atoms with Crippen LogP contribution in [0.2, 0.25) is 0 Å². The molecule has 3 rings (SSSR count). The molecule has 0 unspecified atom stereocenters. The quantitative estimate of drug-likeness (QED) is 0.346. The number of halogens is 3. The van der Waals surface area contributed by atoms with E-state index in [2.05, 4.69) is 31.3 Å². The van der Waals surface area contributed by atoms with E-state index in [1.807, 2.05) is 0 Å². The minimum absolute atomic E-state index is 0.316. The second-order valence-electron chi connectivity index (χ2n) is 6.49. The largest absolute Gasteiger partial charge is 0.366 e. The number of alkyl halides is 3. The molecule has 0 bridgehead atoms. The zero-order valence-electron chi connectivity index (χ0n) is 18.6. The summed E-state index contributed by atoms with van der Waals surface area (Å²) in [6.45, 7) is 0.351. The lowest BCUT2D eigenvalue weighted by molar-refractivity contribution is 0.102. The van der Waals surface area contributed by atoms with Gasteiger partial charge in [0.15, 0.2) is 0 Å². The number of thioether (sulfide) groups is 1. The molecule has 34 heavy (non-hydrogen) atoms. The van der Waals surface area contributed by atoms with Gasteiger partial charge in [-0.15, -0.1) is 0 Å². The van der Waals surface area contributed by atoms with Gasteiger partial charge in [-0.1, -0.05) is 11.8 Å². The first-order valence-corrected chi connectivity index (χ1v) is 10.7. The number of nitrogens with one attached hydrogen (secondary N) is 4. The van der Waals surface area contributed by atoms with Gasteiger partial charge in [-0.25, -0.2) is 9.78 Å². The fourth-order valence-electron chi connectivity index (χ4n) is 2.75. The van der Waals surface area contributed by atoms with Crippen LogP contribution >= 0.6 is 11.8 Å². The summed E-state index contributed by atoms with van der Waals surface area (Å²) in [5.74, 6) is -2.02. The van der Waals surface area contributed by atoms with E-state index in [1.165, 1.54) is 30.1 Å². The number of aromatic nitrogens is 3. The van der Waals surface area contributed by atoms with Crippen molar-refractivity contribution in [1.82, 2.24) is 20.1 Å². The Hall–Kier alpha value is -3.74. The van der Waals surface area contributed by atoms with Crippen molar-refractivity contribution >= 4 is 41.0 Å². The number of nitrogens with zero attached hydrogens (tertiary/aromatic N) is 3. The number of urea groups is 1. The maximum absolute atomic E-state index is 12.7. The van der Waals surface area contributed by atoms with E-state index in [-0.39, 0.29) is 6.03 Å². The van der Waals surface area contributed by atoms with Crippen molar-refractivity contribution in [2.75, 3.05) is 30.2 Å². The van der Waals surface area contributed by atoms with Crippen molar-refractivity contribution in [1.29, 1.82) is 0 Å². The van der Waals surface area contributed by atoms with Gasteiger partial charge in [0.1, 0.15) is 17.2 Å². The molecule has 9 nitrogen and oxygen atoms in total. The van der Waals surface area contributed by atoms with Crippen molar-refractivity contribution in [3.8, 4) is 0 Å². The van der Waals surface area contributed by atoms with Gasteiger partial charge in [0.2, 0.25) is 0 Å². The third kappa shape index (κ3) is 7.69. The van der Waals surface area contributed by atoms with Crippen molar-refractivity contribution in [3.05, 3.63) is 59.9 Å². The lowest BCUT2D eigenvalue weighted by atomic mass is 10.2. The average Bonchev–Trinajstić information content (AvgIpc) is 3.20. The molecule has 2 heterocycles. The molecule has 0 fully saturated rings. The predicted molar refractivity (Wildman–Crippen MR) is 126 cm³/mol.